The second kappa shape index (κ2) is 8.03. The Labute approximate surface area is 136 Å². The summed E-state index contributed by atoms with van der Waals surface area (Å²) in [7, 11) is 1.26. The van der Waals surface area contributed by atoms with Crippen LogP contribution in [-0.2, 0) is 14.3 Å². The van der Waals surface area contributed by atoms with E-state index < -0.39 is 29.8 Å². The van der Waals surface area contributed by atoms with Gasteiger partial charge >= 0.3 is 18.2 Å². The number of esters is 1. The average molecular weight is 330 g/mol. The fourth-order valence-electron chi connectivity index (χ4n) is 2.50. The van der Waals surface area contributed by atoms with Gasteiger partial charge in [0.15, 0.2) is 0 Å². The molecule has 0 bridgehead atoms. The van der Waals surface area contributed by atoms with Crippen LogP contribution in [0.2, 0.25) is 0 Å². The Bertz CT molecular complexity index is 438. The number of likely N-dealkylation sites (tertiary alicyclic amines) is 1. The van der Waals surface area contributed by atoms with E-state index in [-0.39, 0.29) is 5.92 Å². The molecular formula is C15H26N2O6. The van der Waals surface area contributed by atoms with Crippen molar-refractivity contribution in [2.24, 2.45) is 5.92 Å². The summed E-state index contributed by atoms with van der Waals surface area (Å²) in [6.45, 7) is 6.07. The number of hydrogen-bond acceptors (Lipinski definition) is 5. The van der Waals surface area contributed by atoms with E-state index in [1.165, 1.54) is 12.0 Å². The molecule has 1 aliphatic rings. The molecule has 0 spiro atoms. The maximum absolute atomic E-state index is 11.9. The lowest BCUT2D eigenvalue weighted by atomic mass is 9.90. The minimum Gasteiger partial charge on any atom is -0.467 e. The Morgan fingerprint density at radius 3 is 2.26 bits per heavy atom. The Morgan fingerprint density at radius 1 is 1.26 bits per heavy atom. The van der Waals surface area contributed by atoms with Gasteiger partial charge in [-0.15, -0.1) is 0 Å². The summed E-state index contributed by atoms with van der Waals surface area (Å²) >= 11 is 0. The van der Waals surface area contributed by atoms with Crippen molar-refractivity contribution in [1.29, 1.82) is 0 Å². The quantitative estimate of drug-likeness (QED) is 0.762. The van der Waals surface area contributed by atoms with Gasteiger partial charge in [0.25, 0.3) is 0 Å². The summed E-state index contributed by atoms with van der Waals surface area (Å²) in [6, 6.07) is -0.795. The van der Waals surface area contributed by atoms with Crippen LogP contribution >= 0.6 is 0 Å². The molecular weight excluding hydrogens is 304 g/mol. The van der Waals surface area contributed by atoms with Crippen LogP contribution in [-0.4, -0.2) is 60.0 Å². The third kappa shape index (κ3) is 6.75. The Kier molecular flexibility index (Phi) is 6.65. The van der Waals surface area contributed by atoms with Crippen LogP contribution in [0.4, 0.5) is 9.59 Å². The van der Waals surface area contributed by atoms with E-state index in [0.717, 1.165) is 0 Å². The third-order valence-corrected chi connectivity index (χ3v) is 3.63. The molecule has 0 aromatic rings. The first-order chi connectivity index (χ1) is 10.6. The molecule has 8 heteroatoms. The van der Waals surface area contributed by atoms with Crippen molar-refractivity contribution < 1.29 is 29.0 Å². The zero-order valence-electron chi connectivity index (χ0n) is 14.1. The van der Waals surface area contributed by atoms with Gasteiger partial charge in [-0.05, 0) is 46.0 Å². The van der Waals surface area contributed by atoms with Crippen LogP contribution in [0, 0.1) is 5.92 Å². The van der Waals surface area contributed by atoms with Crippen molar-refractivity contribution >= 4 is 18.2 Å². The van der Waals surface area contributed by atoms with Crippen molar-refractivity contribution in [2.45, 2.75) is 51.7 Å². The predicted octanol–water partition coefficient (Wildman–Crippen LogP) is 1.83. The standard InChI is InChI=1S/C15H26N2O6/c1-15(2,3)23-13(19)16-11(12(18)22-4)9-10-5-7-17(8-6-10)14(20)21/h10-11H,5-9H2,1-4H3,(H,16,19)(H,20,21)/t11-/m0/s1. The van der Waals surface area contributed by atoms with Gasteiger partial charge < -0.3 is 24.8 Å². The van der Waals surface area contributed by atoms with Crippen LogP contribution < -0.4 is 5.32 Å². The number of carbonyl (C=O) groups excluding carboxylic acids is 2. The van der Waals surface area contributed by atoms with E-state index in [2.05, 4.69) is 5.32 Å². The topological polar surface area (TPSA) is 105 Å². The molecule has 2 N–H and O–H groups in total. The molecule has 1 heterocycles. The fraction of sp³-hybridized carbons (Fsp3) is 0.800. The number of rotatable bonds is 4. The van der Waals surface area contributed by atoms with Gasteiger partial charge in [-0.2, -0.15) is 0 Å². The molecule has 1 rings (SSSR count). The van der Waals surface area contributed by atoms with Crippen molar-refractivity contribution in [2.75, 3.05) is 20.2 Å². The molecule has 1 atom stereocenters. The van der Waals surface area contributed by atoms with Gasteiger partial charge in [0, 0.05) is 13.1 Å². The number of alkyl carbamates (subject to hydrolysis) is 1. The van der Waals surface area contributed by atoms with Crippen LogP contribution in [0.3, 0.4) is 0 Å². The van der Waals surface area contributed by atoms with Crippen LogP contribution in [0.15, 0.2) is 0 Å². The van der Waals surface area contributed by atoms with Gasteiger partial charge in [0.1, 0.15) is 11.6 Å². The highest BCUT2D eigenvalue weighted by Crippen LogP contribution is 2.22. The first kappa shape index (κ1) is 19.1. The highest BCUT2D eigenvalue weighted by molar-refractivity contribution is 5.81. The maximum atomic E-state index is 11.9. The van der Waals surface area contributed by atoms with Gasteiger partial charge in [-0.3, -0.25) is 0 Å². The van der Waals surface area contributed by atoms with Gasteiger partial charge in [-0.25, -0.2) is 14.4 Å². The molecule has 23 heavy (non-hydrogen) atoms. The largest absolute Gasteiger partial charge is 0.467 e. The van der Waals surface area contributed by atoms with Crippen molar-refractivity contribution in [3.05, 3.63) is 0 Å². The molecule has 0 radical (unpaired) electrons. The first-order valence-electron chi connectivity index (χ1n) is 7.67. The molecule has 0 saturated carbocycles. The molecule has 1 fully saturated rings. The van der Waals surface area contributed by atoms with Gasteiger partial charge in [0.05, 0.1) is 7.11 Å². The van der Waals surface area contributed by atoms with E-state index in [1.807, 2.05) is 0 Å². The molecule has 132 valence electrons. The number of methoxy groups -OCH3 is 1. The lowest BCUT2D eigenvalue weighted by Crippen LogP contribution is -2.46. The smallest absolute Gasteiger partial charge is 0.408 e. The molecule has 0 unspecified atom stereocenters. The lowest BCUT2D eigenvalue weighted by molar-refractivity contribution is -0.143. The highest BCUT2D eigenvalue weighted by atomic mass is 16.6. The summed E-state index contributed by atoms with van der Waals surface area (Å²) in [4.78, 5) is 36.0. The Balaban J connectivity index is 2.57. The lowest BCUT2D eigenvalue weighted by Gasteiger charge is -2.31. The van der Waals surface area contributed by atoms with E-state index in [0.29, 0.717) is 32.4 Å². The number of nitrogens with zero attached hydrogens (tertiary/aromatic N) is 1. The minimum atomic E-state index is -0.931. The van der Waals surface area contributed by atoms with Crippen LogP contribution in [0.25, 0.3) is 0 Å². The van der Waals surface area contributed by atoms with Crippen molar-refractivity contribution in [1.82, 2.24) is 10.2 Å². The van der Waals surface area contributed by atoms with Gasteiger partial charge in [-0.1, -0.05) is 0 Å². The van der Waals surface area contributed by atoms with E-state index in [4.69, 9.17) is 14.6 Å². The number of amides is 2. The third-order valence-electron chi connectivity index (χ3n) is 3.63. The van der Waals surface area contributed by atoms with E-state index in [9.17, 15) is 14.4 Å². The zero-order valence-corrected chi connectivity index (χ0v) is 14.1. The maximum Gasteiger partial charge on any atom is 0.408 e. The SMILES string of the molecule is COC(=O)[C@H](CC1CCN(C(=O)O)CC1)NC(=O)OC(C)(C)C. The second-order valence-corrected chi connectivity index (χ2v) is 6.67. The molecule has 0 aromatic carbocycles. The molecule has 0 aromatic heterocycles. The fourth-order valence-corrected chi connectivity index (χ4v) is 2.50. The molecule has 2 amide bonds. The summed E-state index contributed by atoms with van der Waals surface area (Å²) in [6.07, 6.45) is 0.0982. The highest BCUT2D eigenvalue weighted by Gasteiger charge is 2.30. The van der Waals surface area contributed by atoms with E-state index in [1.54, 1.807) is 20.8 Å². The number of carboxylic acid groups (broad SMARTS) is 1. The summed E-state index contributed by atoms with van der Waals surface area (Å²) in [5.74, 6) is -0.388. The number of piperidine rings is 1. The van der Waals surface area contributed by atoms with Crippen LogP contribution in [0.5, 0.6) is 0 Å². The minimum absolute atomic E-state index is 0.143. The van der Waals surface area contributed by atoms with Crippen LogP contribution in [0.1, 0.15) is 40.0 Å². The number of carbonyl (C=O) groups is 3. The summed E-state index contributed by atoms with van der Waals surface area (Å²) in [5.41, 5.74) is -0.655. The average Bonchev–Trinajstić information content (AvgIpc) is 2.44. The predicted molar refractivity (Wildman–Crippen MR) is 82.1 cm³/mol. The van der Waals surface area contributed by atoms with Crippen molar-refractivity contribution in [3.8, 4) is 0 Å². The number of nitrogens with one attached hydrogen (secondary N) is 1. The molecule has 1 aliphatic heterocycles. The van der Waals surface area contributed by atoms with E-state index >= 15 is 0 Å². The summed E-state index contributed by atoms with van der Waals surface area (Å²) in [5, 5.41) is 11.5. The molecule has 0 aliphatic carbocycles. The molecule has 1 saturated heterocycles. The first-order valence-corrected chi connectivity index (χ1v) is 7.67. The van der Waals surface area contributed by atoms with Gasteiger partial charge in [0.2, 0.25) is 0 Å². The Hall–Kier alpha value is -1.99. The number of hydrogen-bond donors (Lipinski definition) is 2. The zero-order chi connectivity index (χ0) is 17.6. The van der Waals surface area contributed by atoms with Crippen molar-refractivity contribution in [3.63, 3.8) is 0 Å². The number of ether oxygens (including phenoxy) is 2. The Morgan fingerprint density at radius 2 is 1.83 bits per heavy atom. The second-order valence-electron chi connectivity index (χ2n) is 6.67. The monoisotopic (exact) mass is 330 g/mol. The molecule has 8 nitrogen and oxygen atoms in total. The summed E-state index contributed by atoms with van der Waals surface area (Å²) < 4.78 is 9.89. The normalized spacial score (nSPS) is 17.3.